The Kier molecular flexibility index (Phi) is 4.59. The van der Waals surface area contributed by atoms with Crippen molar-refractivity contribution in [3.8, 4) is 5.75 Å². The van der Waals surface area contributed by atoms with Gasteiger partial charge in [-0.15, -0.1) is 0 Å². The molecule has 1 aromatic rings. The zero-order chi connectivity index (χ0) is 13.8. The molecule has 0 amide bonds. The molecule has 0 aliphatic rings. The number of hydrogen-bond donors (Lipinski definition) is 2. The summed E-state index contributed by atoms with van der Waals surface area (Å²) in [5.74, 6) is 1.01. The molecule has 0 spiro atoms. The summed E-state index contributed by atoms with van der Waals surface area (Å²) in [5.41, 5.74) is 13.2. The summed E-state index contributed by atoms with van der Waals surface area (Å²) in [6.07, 6.45) is 0.769. The van der Waals surface area contributed by atoms with Crippen molar-refractivity contribution in [1.82, 2.24) is 0 Å². The van der Waals surface area contributed by atoms with Crippen molar-refractivity contribution < 1.29 is 4.74 Å². The Bertz CT molecular complexity index is 429. The van der Waals surface area contributed by atoms with Crippen LogP contribution in [0.2, 0.25) is 0 Å². The Morgan fingerprint density at radius 1 is 1.28 bits per heavy atom. The standard InChI is InChI=1S/C14H23N3O/c1-14(2,3)11-5-6-12(18-4)10(9-11)7-8-17-13(15)16/h5-6,9H,7-8H2,1-4H3,(H4,15,16,17). The maximum absolute atomic E-state index is 5.36. The van der Waals surface area contributed by atoms with E-state index in [2.05, 4.69) is 37.9 Å². The molecule has 4 N–H and O–H groups in total. The number of nitrogens with zero attached hydrogens (tertiary/aromatic N) is 1. The van der Waals surface area contributed by atoms with E-state index in [0.717, 1.165) is 17.7 Å². The molecule has 18 heavy (non-hydrogen) atoms. The number of benzene rings is 1. The smallest absolute Gasteiger partial charge is 0.185 e. The van der Waals surface area contributed by atoms with Crippen molar-refractivity contribution in [2.75, 3.05) is 13.7 Å². The average Bonchev–Trinajstić information content (AvgIpc) is 2.27. The highest BCUT2D eigenvalue weighted by Crippen LogP contribution is 2.28. The highest BCUT2D eigenvalue weighted by molar-refractivity contribution is 5.75. The van der Waals surface area contributed by atoms with Gasteiger partial charge in [-0.25, -0.2) is 0 Å². The summed E-state index contributed by atoms with van der Waals surface area (Å²) in [6, 6.07) is 6.27. The molecular formula is C14H23N3O. The number of ether oxygens (including phenoxy) is 1. The highest BCUT2D eigenvalue weighted by atomic mass is 16.5. The number of rotatable bonds is 4. The van der Waals surface area contributed by atoms with E-state index in [1.165, 1.54) is 5.56 Å². The van der Waals surface area contributed by atoms with Gasteiger partial charge in [0.1, 0.15) is 5.75 Å². The maximum atomic E-state index is 5.36. The van der Waals surface area contributed by atoms with Gasteiger partial charge in [0.2, 0.25) is 0 Å². The van der Waals surface area contributed by atoms with Crippen LogP contribution in [-0.2, 0) is 11.8 Å². The van der Waals surface area contributed by atoms with Gasteiger partial charge < -0.3 is 16.2 Å². The Morgan fingerprint density at radius 3 is 2.44 bits per heavy atom. The largest absolute Gasteiger partial charge is 0.496 e. The minimum atomic E-state index is 0.122. The van der Waals surface area contributed by atoms with Gasteiger partial charge >= 0.3 is 0 Å². The predicted molar refractivity (Wildman–Crippen MR) is 76.1 cm³/mol. The fourth-order valence-corrected chi connectivity index (χ4v) is 1.75. The first-order chi connectivity index (χ1) is 8.34. The fraction of sp³-hybridized carbons (Fsp3) is 0.500. The molecule has 0 aliphatic carbocycles. The van der Waals surface area contributed by atoms with Gasteiger partial charge in [0.05, 0.1) is 7.11 Å². The van der Waals surface area contributed by atoms with Crippen LogP contribution in [0.1, 0.15) is 31.9 Å². The van der Waals surface area contributed by atoms with Crippen molar-refractivity contribution in [2.24, 2.45) is 16.5 Å². The van der Waals surface area contributed by atoms with E-state index in [1.54, 1.807) is 7.11 Å². The average molecular weight is 249 g/mol. The number of aliphatic imine (C=N–C) groups is 1. The summed E-state index contributed by atoms with van der Waals surface area (Å²) < 4.78 is 5.36. The molecule has 4 heteroatoms. The van der Waals surface area contributed by atoms with Crippen LogP contribution in [0.15, 0.2) is 23.2 Å². The second-order valence-corrected chi connectivity index (χ2v) is 5.33. The Morgan fingerprint density at radius 2 is 1.94 bits per heavy atom. The summed E-state index contributed by atoms with van der Waals surface area (Å²) in [4.78, 5) is 4.00. The van der Waals surface area contributed by atoms with Crippen LogP contribution in [-0.4, -0.2) is 19.6 Å². The van der Waals surface area contributed by atoms with Crippen LogP contribution in [0.3, 0.4) is 0 Å². The van der Waals surface area contributed by atoms with E-state index in [9.17, 15) is 0 Å². The molecule has 0 radical (unpaired) electrons. The van der Waals surface area contributed by atoms with Crippen LogP contribution in [0, 0.1) is 0 Å². The molecule has 100 valence electrons. The van der Waals surface area contributed by atoms with E-state index < -0.39 is 0 Å². The monoisotopic (exact) mass is 249 g/mol. The lowest BCUT2D eigenvalue weighted by molar-refractivity contribution is 0.409. The molecule has 4 nitrogen and oxygen atoms in total. The van der Waals surface area contributed by atoms with Gasteiger partial charge in [-0.1, -0.05) is 32.9 Å². The van der Waals surface area contributed by atoms with E-state index in [4.69, 9.17) is 16.2 Å². The van der Waals surface area contributed by atoms with Crippen LogP contribution in [0.5, 0.6) is 5.75 Å². The summed E-state index contributed by atoms with van der Waals surface area (Å²) in [6.45, 7) is 7.14. The zero-order valence-electron chi connectivity index (χ0n) is 11.7. The Hall–Kier alpha value is -1.71. The van der Waals surface area contributed by atoms with Crippen LogP contribution < -0.4 is 16.2 Å². The number of nitrogens with two attached hydrogens (primary N) is 2. The van der Waals surface area contributed by atoms with Gasteiger partial charge in [0.25, 0.3) is 0 Å². The highest BCUT2D eigenvalue weighted by Gasteiger charge is 2.15. The molecular weight excluding hydrogens is 226 g/mol. The third kappa shape index (κ3) is 3.95. The van der Waals surface area contributed by atoms with Crippen LogP contribution in [0.25, 0.3) is 0 Å². The lowest BCUT2D eigenvalue weighted by Crippen LogP contribution is -2.23. The predicted octanol–water partition coefficient (Wildman–Crippen LogP) is 1.81. The van der Waals surface area contributed by atoms with E-state index in [-0.39, 0.29) is 11.4 Å². The molecule has 0 saturated heterocycles. The maximum Gasteiger partial charge on any atom is 0.185 e. The van der Waals surface area contributed by atoms with Crippen molar-refractivity contribution >= 4 is 5.96 Å². The van der Waals surface area contributed by atoms with E-state index in [0.29, 0.717) is 6.54 Å². The third-order valence-corrected chi connectivity index (χ3v) is 2.82. The van der Waals surface area contributed by atoms with Gasteiger partial charge in [-0.2, -0.15) is 0 Å². The second-order valence-electron chi connectivity index (χ2n) is 5.33. The summed E-state index contributed by atoms with van der Waals surface area (Å²) in [5, 5.41) is 0. The molecule has 0 unspecified atom stereocenters. The molecule has 0 aliphatic heterocycles. The van der Waals surface area contributed by atoms with Crippen molar-refractivity contribution in [2.45, 2.75) is 32.6 Å². The SMILES string of the molecule is COc1ccc(C(C)(C)C)cc1CCN=C(N)N. The molecule has 1 aromatic carbocycles. The minimum absolute atomic E-state index is 0.122. The molecule has 0 fully saturated rings. The number of methoxy groups -OCH3 is 1. The summed E-state index contributed by atoms with van der Waals surface area (Å²) in [7, 11) is 1.68. The summed E-state index contributed by atoms with van der Waals surface area (Å²) >= 11 is 0. The lowest BCUT2D eigenvalue weighted by Gasteiger charge is -2.21. The third-order valence-electron chi connectivity index (χ3n) is 2.82. The molecule has 1 rings (SSSR count). The second kappa shape index (κ2) is 5.76. The lowest BCUT2D eigenvalue weighted by atomic mass is 9.85. The van der Waals surface area contributed by atoms with Gasteiger partial charge in [-0.05, 0) is 29.0 Å². The minimum Gasteiger partial charge on any atom is -0.496 e. The van der Waals surface area contributed by atoms with Gasteiger partial charge in [-0.3, -0.25) is 4.99 Å². The number of hydrogen-bond acceptors (Lipinski definition) is 2. The van der Waals surface area contributed by atoms with Gasteiger partial charge in [0, 0.05) is 6.54 Å². The zero-order valence-corrected chi connectivity index (χ0v) is 11.7. The van der Waals surface area contributed by atoms with Crippen molar-refractivity contribution in [1.29, 1.82) is 0 Å². The Balaban J connectivity index is 2.96. The van der Waals surface area contributed by atoms with E-state index in [1.807, 2.05) is 6.07 Å². The first-order valence-corrected chi connectivity index (χ1v) is 6.07. The Labute approximate surface area is 109 Å². The first kappa shape index (κ1) is 14.4. The molecule has 0 aromatic heterocycles. The quantitative estimate of drug-likeness (QED) is 0.631. The van der Waals surface area contributed by atoms with Crippen LogP contribution in [0.4, 0.5) is 0 Å². The van der Waals surface area contributed by atoms with Crippen molar-refractivity contribution in [3.63, 3.8) is 0 Å². The molecule has 0 atom stereocenters. The molecule has 0 bridgehead atoms. The normalized spacial score (nSPS) is 11.1. The van der Waals surface area contributed by atoms with E-state index >= 15 is 0 Å². The molecule has 0 saturated carbocycles. The number of guanidine groups is 1. The van der Waals surface area contributed by atoms with Crippen LogP contribution >= 0.6 is 0 Å². The first-order valence-electron chi connectivity index (χ1n) is 6.07. The molecule has 0 heterocycles. The van der Waals surface area contributed by atoms with Crippen molar-refractivity contribution in [3.05, 3.63) is 29.3 Å². The topological polar surface area (TPSA) is 73.6 Å². The fourth-order valence-electron chi connectivity index (χ4n) is 1.75. The van der Waals surface area contributed by atoms with Gasteiger partial charge in [0.15, 0.2) is 5.96 Å².